The number of hydrogen-bond acceptors (Lipinski definition) is 4. The van der Waals surface area contributed by atoms with Gasteiger partial charge in [0.2, 0.25) is 0 Å². The zero-order valence-electron chi connectivity index (χ0n) is 13.7. The summed E-state index contributed by atoms with van der Waals surface area (Å²) in [5.41, 5.74) is 0. The highest BCUT2D eigenvalue weighted by Gasteiger charge is 2.31. The first-order valence-corrected chi connectivity index (χ1v) is 11.0. The van der Waals surface area contributed by atoms with Crippen molar-refractivity contribution in [2.75, 3.05) is 12.3 Å². The van der Waals surface area contributed by atoms with E-state index in [2.05, 4.69) is 68.7 Å². The fourth-order valence-corrected chi connectivity index (χ4v) is 6.77. The van der Waals surface area contributed by atoms with Crippen molar-refractivity contribution in [1.29, 1.82) is 0 Å². The summed E-state index contributed by atoms with van der Waals surface area (Å²) in [5.74, 6) is 1.30. The molecular weight excluding hydrogens is 314 g/mol. The molecule has 1 aliphatic rings. The van der Waals surface area contributed by atoms with Gasteiger partial charge in [0.25, 0.3) is 0 Å². The molecule has 2 heterocycles. The van der Waals surface area contributed by atoms with Gasteiger partial charge in [0.15, 0.2) is 0 Å². The minimum Gasteiger partial charge on any atom is -0.312 e. The summed E-state index contributed by atoms with van der Waals surface area (Å²) in [5, 5.41) is 6.14. The molecule has 0 aromatic carbocycles. The van der Waals surface area contributed by atoms with E-state index in [9.17, 15) is 0 Å². The zero-order valence-corrected chi connectivity index (χ0v) is 16.2. The molecule has 0 spiro atoms. The number of rotatable bonds is 7. The maximum Gasteiger partial charge on any atom is 0.0298 e. The maximum atomic E-state index is 3.82. The molecule has 1 N–H and O–H groups in total. The first kappa shape index (κ1) is 17.7. The largest absolute Gasteiger partial charge is 0.312 e. The molecule has 4 atom stereocenters. The van der Waals surface area contributed by atoms with Gasteiger partial charge in [0.1, 0.15) is 0 Å². The standard InChI is InChI=1S/C17H29NS3/c1-5-9-18-16(10-15-8-7-14(6-2)21-15)17-11-19-12(3)13(4)20-17/h7-8,12-13,16-18H,5-6,9-11H2,1-4H3. The molecule has 0 aliphatic carbocycles. The molecule has 1 nitrogen and oxygen atoms in total. The lowest BCUT2D eigenvalue weighted by molar-refractivity contribution is 0.506. The fourth-order valence-electron chi connectivity index (χ4n) is 2.62. The van der Waals surface area contributed by atoms with Crippen LogP contribution in [0.3, 0.4) is 0 Å². The predicted octanol–water partition coefficient (Wildman–Crippen LogP) is 4.85. The third-order valence-corrected chi connectivity index (χ3v) is 8.97. The Morgan fingerprint density at radius 2 is 1.95 bits per heavy atom. The quantitative estimate of drug-likeness (QED) is 0.760. The Morgan fingerprint density at radius 1 is 1.19 bits per heavy atom. The highest BCUT2D eigenvalue weighted by atomic mass is 32.2. The van der Waals surface area contributed by atoms with Crippen molar-refractivity contribution >= 4 is 34.9 Å². The second-order valence-corrected chi connectivity index (χ2v) is 10.2. The Kier molecular flexibility index (Phi) is 7.47. The maximum absolute atomic E-state index is 3.82. The SMILES string of the molecule is CCCNC(Cc1ccc(CC)s1)C1CSC(C)C(C)S1. The second kappa shape index (κ2) is 8.85. The van der Waals surface area contributed by atoms with Crippen LogP contribution in [0.2, 0.25) is 0 Å². The number of nitrogens with one attached hydrogen (secondary N) is 1. The molecule has 1 aromatic rings. The summed E-state index contributed by atoms with van der Waals surface area (Å²) in [6, 6.07) is 5.28. The minimum atomic E-state index is 0.626. The monoisotopic (exact) mass is 343 g/mol. The van der Waals surface area contributed by atoms with Crippen LogP contribution in [0.15, 0.2) is 12.1 Å². The molecule has 2 rings (SSSR count). The normalized spacial score (nSPS) is 27.7. The Morgan fingerprint density at radius 3 is 2.57 bits per heavy atom. The van der Waals surface area contributed by atoms with Crippen molar-refractivity contribution in [3.05, 3.63) is 21.9 Å². The summed E-state index contributed by atoms with van der Waals surface area (Å²) in [7, 11) is 0. The lowest BCUT2D eigenvalue weighted by atomic mass is 10.1. The lowest BCUT2D eigenvalue weighted by Crippen LogP contribution is -2.44. The third kappa shape index (κ3) is 5.19. The van der Waals surface area contributed by atoms with E-state index in [-0.39, 0.29) is 0 Å². The number of hydrogen-bond donors (Lipinski definition) is 1. The van der Waals surface area contributed by atoms with E-state index in [1.807, 2.05) is 11.3 Å². The molecule has 1 saturated heterocycles. The second-order valence-electron chi connectivity index (χ2n) is 5.90. The molecule has 4 unspecified atom stereocenters. The van der Waals surface area contributed by atoms with Gasteiger partial charge >= 0.3 is 0 Å². The van der Waals surface area contributed by atoms with Gasteiger partial charge < -0.3 is 5.32 Å². The van der Waals surface area contributed by atoms with E-state index in [4.69, 9.17) is 0 Å². The van der Waals surface area contributed by atoms with Crippen LogP contribution in [-0.4, -0.2) is 34.1 Å². The molecule has 21 heavy (non-hydrogen) atoms. The van der Waals surface area contributed by atoms with Crippen molar-refractivity contribution in [2.24, 2.45) is 0 Å². The molecule has 0 radical (unpaired) electrons. The van der Waals surface area contributed by atoms with E-state index in [1.54, 1.807) is 4.88 Å². The van der Waals surface area contributed by atoms with Crippen molar-refractivity contribution in [1.82, 2.24) is 5.32 Å². The van der Waals surface area contributed by atoms with Crippen LogP contribution in [0, 0.1) is 0 Å². The van der Waals surface area contributed by atoms with E-state index in [1.165, 1.54) is 29.9 Å². The zero-order chi connectivity index (χ0) is 15.2. The molecule has 4 heteroatoms. The van der Waals surface area contributed by atoms with Crippen LogP contribution in [0.4, 0.5) is 0 Å². The highest BCUT2D eigenvalue weighted by Crippen LogP contribution is 2.38. The van der Waals surface area contributed by atoms with Crippen LogP contribution in [-0.2, 0) is 12.8 Å². The van der Waals surface area contributed by atoms with Crippen LogP contribution in [0.1, 0.15) is 43.9 Å². The first-order valence-electron chi connectivity index (χ1n) is 8.22. The number of thioether (sulfide) groups is 2. The van der Waals surface area contributed by atoms with E-state index < -0.39 is 0 Å². The van der Waals surface area contributed by atoms with Gasteiger partial charge in [-0.25, -0.2) is 0 Å². The van der Waals surface area contributed by atoms with Crippen LogP contribution >= 0.6 is 34.9 Å². The molecule has 0 bridgehead atoms. The Labute approximate surface area is 143 Å². The predicted molar refractivity (Wildman–Crippen MR) is 102 cm³/mol. The highest BCUT2D eigenvalue weighted by molar-refractivity contribution is 8.07. The first-order chi connectivity index (χ1) is 10.1. The van der Waals surface area contributed by atoms with Crippen LogP contribution in [0.5, 0.6) is 0 Å². The molecule has 0 saturated carbocycles. The molecule has 1 fully saturated rings. The fraction of sp³-hybridized carbons (Fsp3) is 0.765. The van der Waals surface area contributed by atoms with Crippen LogP contribution in [0.25, 0.3) is 0 Å². The van der Waals surface area contributed by atoms with Gasteiger partial charge in [-0.2, -0.15) is 23.5 Å². The summed E-state index contributed by atoms with van der Waals surface area (Å²) in [6.07, 6.45) is 3.59. The van der Waals surface area contributed by atoms with Gasteiger partial charge in [-0.15, -0.1) is 11.3 Å². The van der Waals surface area contributed by atoms with Gasteiger partial charge in [-0.3, -0.25) is 0 Å². The average molecular weight is 344 g/mol. The van der Waals surface area contributed by atoms with Gasteiger partial charge in [0.05, 0.1) is 0 Å². The Hall–Kier alpha value is 0.360. The summed E-state index contributed by atoms with van der Waals surface area (Å²) in [4.78, 5) is 3.07. The molecular formula is C17H29NS3. The molecule has 1 aromatic heterocycles. The summed E-state index contributed by atoms with van der Waals surface area (Å²) < 4.78 is 0. The topological polar surface area (TPSA) is 12.0 Å². The molecule has 0 amide bonds. The minimum absolute atomic E-state index is 0.626. The average Bonchev–Trinajstić information content (AvgIpc) is 2.94. The Balaban J connectivity index is 1.99. The van der Waals surface area contributed by atoms with Gasteiger partial charge in [0, 0.05) is 37.3 Å². The van der Waals surface area contributed by atoms with Crippen molar-refractivity contribution < 1.29 is 0 Å². The molecule has 1 aliphatic heterocycles. The lowest BCUT2D eigenvalue weighted by Gasteiger charge is -2.36. The third-order valence-electron chi connectivity index (χ3n) is 4.17. The molecule has 120 valence electrons. The smallest absolute Gasteiger partial charge is 0.0298 e. The summed E-state index contributed by atoms with van der Waals surface area (Å²) >= 11 is 6.37. The number of aryl methyl sites for hydroxylation is 1. The van der Waals surface area contributed by atoms with E-state index in [0.29, 0.717) is 6.04 Å². The van der Waals surface area contributed by atoms with Crippen molar-refractivity contribution in [3.8, 4) is 0 Å². The Bertz CT molecular complexity index is 418. The van der Waals surface area contributed by atoms with Gasteiger partial charge in [-0.05, 0) is 37.9 Å². The van der Waals surface area contributed by atoms with E-state index >= 15 is 0 Å². The van der Waals surface area contributed by atoms with Crippen molar-refractivity contribution in [3.63, 3.8) is 0 Å². The van der Waals surface area contributed by atoms with Crippen molar-refractivity contribution in [2.45, 2.75) is 68.7 Å². The summed E-state index contributed by atoms with van der Waals surface area (Å²) in [6.45, 7) is 10.4. The van der Waals surface area contributed by atoms with E-state index in [0.717, 1.165) is 22.3 Å². The van der Waals surface area contributed by atoms with Gasteiger partial charge in [-0.1, -0.05) is 27.7 Å². The van der Waals surface area contributed by atoms with Crippen LogP contribution < -0.4 is 5.32 Å². The number of thiophene rings is 1.